The minimum Gasteiger partial charge on any atom is -0.465 e. The minimum absolute atomic E-state index is 0.298. The summed E-state index contributed by atoms with van der Waals surface area (Å²) in [5, 5.41) is 3.19. The maximum atomic E-state index is 12.3. The Morgan fingerprint density at radius 1 is 1.14 bits per heavy atom. The van der Waals surface area contributed by atoms with Gasteiger partial charge in [0.2, 0.25) is 0 Å². The lowest BCUT2D eigenvalue weighted by Gasteiger charge is -2.10. The topological polar surface area (TPSA) is 55.4 Å². The number of esters is 1. The summed E-state index contributed by atoms with van der Waals surface area (Å²) >= 11 is 5.95. The van der Waals surface area contributed by atoms with Crippen LogP contribution in [0.3, 0.4) is 0 Å². The molecule has 21 heavy (non-hydrogen) atoms. The van der Waals surface area contributed by atoms with E-state index in [4.69, 9.17) is 16.3 Å². The van der Waals surface area contributed by atoms with Crippen LogP contribution in [0.4, 0.5) is 5.69 Å². The highest BCUT2D eigenvalue weighted by molar-refractivity contribution is 6.31. The lowest BCUT2D eigenvalue weighted by Crippen LogP contribution is -2.15. The van der Waals surface area contributed by atoms with E-state index in [1.54, 1.807) is 42.5 Å². The number of hydrogen-bond acceptors (Lipinski definition) is 3. The van der Waals surface area contributed by atoms with Crippen molar-refractivity contribution in [1.82, 2.24) is 0 Å². The highest BCUT2D eigenvalue weighted by atomic mass is 35.5. The van der Waals surface area contributed by atoms with Gasteiger partial charge in [0.25, 0.3) is 5.91 Å². The van der Waals surface area contributed by atoms with E-state index in [1.165, 1.54) is 7.11 Å². The van der Waals surface area contributed by atoms with Gasteiger partial charge in [0.05, 0.1) is 18.4 Å². The molecule has 0 spiro atoms. The summed E-state index contributed by atoms with van der Waals surface area (Å²) in [5.41, 5.74) is 2.01. The van der Waals surface area contributed by atoms with Gasteiger partial charge in [-0.3, -0.25) is 4.79 Å². The molecule has 0 atom stereocenters. The standard InChI is InChI=1S/C16H14ClNO3/c1-10-7-11(9-12(17)8-10)15(19)18-14-6-4-3-5-13(14)16(20)21-2/h3-9H,1-2H3,(H,18,19). The zero-order valence-electron chi connectivity index (χ0n) is 11.6. The summed E-state index contributed by atoms with van der Waals surface area (Å²) in [7, 11) is 1.29. The molecule has 1 N–H and O–H groups in total. The van der Waals surface area contributed by atoms with E-state index in [-0.39, 0.29) is 5.91 Å². The van der Waals surface area contributed by atoms with Crippen LogP contribution in [0.5, 0.6) is 0 Å². The Morgan fingerprint density at radius 2 is 1.86 bits per heavy atom. The van der Waals surface area contributed by atoms with Gasteiger partial charge in [0.15, 0.2) is 0 Å². The van der Waals surface area contributed by atoms with Crippen molar-refractivity contribution in [2.75, 3.05) is 12.4 Å². The number of carbonyl (C=O) groups excluding carboxylic acids is 2. The SMILES string of the molecule is COC(=O)c1ccccc1NC(=O)c1cc(C)cc(Cl)c1. The Kier molecular flexibility index (Phi) is 4.60. The number of amides is 1. The Morgan fingerprint density at radius 3 is 2.52 bits per heavy atom. The highest BCUT2D eigenvalue weighted by Crippen LogP contribution is 2.19. The molecule has 2 aromatic carbocycles. The minimum atomic E-state index is -0.506. The number of hydrogen-bond donors (Lipinski definition) is 1. The predicted molar refractivity (Wildman–Crippen MR) is 81.9 cm³/mol. The summed E-state index contributed by atoms with van der Waals surface area (Å²) < 4.78 is 4.69. The normalized spacial score (nSPS) is 10.0. The third kappa shape index (κ3) is 3.61. The molecule has 0 unspecified atom stereocenters. The zero-order valence-corrected chi connectivity index (χ0v) is 12.4. The van der Waals surface area contributed by atoms with Gasteiger partial charge in [-0.15, -0.1) is 0 Å². The summed E-state index contributed by atoms with van der Waals surface area (Å²) in [5.74, 6) is -0.842. The number of aryl methyl sites for hydroxylation is 1. The first-order valence-electron chi connectivity index (χ1n) is 6.27. The van der Waals surface area contributed by atoms with Gasteiger partial charge in [0, 0.05) is 10.6 Å². The first kappa shape index (κ1) is 15.1. The summed E-state index contributed by atoms with van der Waals surface area (Å²) in [6.45, 7) is 1.85. The number of benzene rings is 2. The number of rotatable bonds is 3. The average Bonchev–Trinajstić information content (AvgIpc) is 2.46. The lowest BCUT2D eigenvalue weighted by atomic mass is 10.1. The fraction of sp³-hybridized carbons (Fsp3) is 0.125. The fourth-order valence-corrected chi connectivity index (χ4v) is 2.23. The van der Waals surface area contributed by atoms with Crippen molar-refractivity contribution in [3.8, 4) is 0 Å². The van der Waals surface area contributed by atoms with Crippen molar-refractivity contribution in [2.24, 2.45) is 0 Å². The molecule has 0 fully saturated rings. The summed E-state index contributed by atoms with van der Waals surface area (Å²) in [4.78, 5) is 23.9. The van der Waals surface area contributed by atoms with Gasteiger partial charge in [0.1, 0.15) is 0 Å². The number of nitrogens with one attached hydrogen (secondary N) is 1. The third-order valence-corrected chi connectivity index (χ3v) is 3.10. The number of carbonyl (C=O) groups is 2. The molecular formula is C16H14ClNO3. The maximum Gasteiger partial charge on any atom is 0.339 e. The van der Waals surface area contributed by atoms with E-state index in [9.17, 15) is 9.59 Å². The van der Waals surface area contributed by atoms with Crippen LogP contribution in [0.25, 0.3) is 0 Å². The quantitative estimate of drug-likeness (QED) is 0.880. The highest BCUT2D eigenvalue weighted by Gasteiger charge is 2.14. The Bertz CT molecular complexity index is 677. The van der Waals surface area contributed by atoms with E-state index in [0.717, 1.165) is 5.56 Å². The first-order chi connectivity index (χ1) is 10.0. The molecule has 0 aliphatic carbocycles. The van der Waals surface area contributed by atoms with Gasteiger partial charge < -0.3 is 10.1 Å². The van der Waals surface area contributed by atoms with Crippen LogP contribution in [0, 0.1) is 6.92 Å². The second-order valence-electron chi connectivity index (χ2n) is 4.51. The molecule has 2 rings (SSSR count). The van der Waals surface area contributed by atoms with Crippen LogP contribution in [0.2, 0.25) is 5.02 Å². The van der Waals surface area contributed by atoms with Crippen molar-refractivity contribution in [2.45, 2.75) is 6.92 Å². The van der Waals surface area contributed by atoms with Crippen LogP contribution in [0.15, 0.2) is 42.5 Å². The van der Waals surface area contributed by atoms with Crippen molar-refractivity contribution >= 4 is 29.2 Å². The smallest absolute Gasteiger partial charge is 0.339 e. The van der Waals surface area contributed by atoms with Gasteiger partial charge in [-0.2, -0.15) is 0 Å². The molecule has 4 nitrogen and oxygen atoms in total. The molecule has 5 heteroatoms. The molecule has 0 saturated carbocycles. The van der Waals surface area contributed by atoms with E-state index in [2.05, 4.69) is 5.32 Å². The first-order valence-corrected chi connectivity index (χ1v) is 6.65. The summed E-state index contributed by atoms with van der Waals surface area (Å²) in [6.07, 6.45) is 0. The van der Waals surface area contributed by atoms with Crippen molar-refractivity contribution in [1.29, 1.82) is 0 Å². The number of ether oxygens (including phenoxy) is 1. The van der Waals surface area contributed by atoms with Crippen LogP contribution < -0.4 is 5.32 Å². The van der Waals surface area contributed by atoms with Crippen molar-refractivity contribution < 1.29 is 14.3 Å². The van der Waals surface area contributed by atoms with Gasteiger partial charge in [-0.1, -0.05) is 23.7 Å². The second-order valence-corrected chi connectivity index (χ2v) is 4.94. The molecule has 0 aromatic heterocycles. The monoisotopic (exact) mass is 303 g/mol. The van der Waals surface area contributed by atoms with Crippen LogP contribution in [-0.4, -0.2) is 19.0 Å². The van der Waals surface area contributed by atoms with Gasteiger partial charge in [-0.25, -0.2) is 4.79 Å². The van der Waals surface area contributed by atoms with Crippen LogP contribution >= 0.6 is 11.6 Å². The van der Waals surface area contributed by atoms with Crippen LogP contribution in [-0.2, 0) is 4.74 Å². The molecular weight excluding hydrogens is 290 g/mol. The molecule has 108 valence electrons. The Hall–Kier alpha value is -2.33. The molecule has 2 aromatic rings. The molecule has 0 aliphatic heterocycles. The van der Waals surface area contributed by atoms with E-state index in [1.807, 2.05) is 6.92 Å². The Balaban J connectivity index is 2.30. The molecule has 0 heterocycles. The predicted octanol–water partition coefficient (Wildman–Crippen LogP) is 3.69. The van der Waals surface area contributed by atoms with E-state index >= 15 is 0 Å². The van der Waals surface area contributed by atoms with Gasteiger partial charge >= 0.3 is 5.97 Å². The van der Waals surface area contributed by atoms with Crippen molar-refractivity contribution in [3.63, 3.8) is 0 Å². The molecule has 0 bridgehead atoms. The fourth-order valence-electron chi connectivity index (χ4n) is 1.94. The largest absolute Gasteiger partial charge is 0.465 e. The van der Waals surface area contributed by atoms with Crippen LogP contribution in [0.1, 0.15) is 26.3 Å². The molecule has 0 saturated heterocycles. The number of methoxy groups -OCH3 is 1. The second kappa shape index (κ2) is 6.41. The number of para-hydroxylation sites is 1. The molecule has 0 radical (unpaired) electrons. The Labute approximate surface area is 127 Å². The van der Waals surface area contributed by atoms with Gasteiger partial charge in [-0.05, 0) is 42.8 Å². The number of halogens is 1. The van der Waals surface area contributed by atoms with E-state index < -0.39 is 5.97 Å². The molecule has 1 amide bonds. The van der Waals surface area contributed by atoms with E-state index in [0.29, 0.717) is 21.8 Å². The van der Waals surface area contributed by atoms with Crippen molar-refractivity contribution in [3.05, 3.63) is 64.2 Å². The lowest BCUT2D eigenvalue weighted by molar-refractivity contribution is 0.0602. The summed E-state index contributed by atoms with van der Waals surface area (Å²) in [6, 6.07) is 11.7. The third-order valence-electron chi connectivity index (χ3n) is 2.88. The molecule has 0 aliphatic rings. The zero-order chi connectivity index (χ0) is 15.4. The number of anilines is 1. The maximum absolute atomic E-state index is 12.3. The average molecular weight is 304 g/mol.